The molecule has 104 valence electrons. The molecule has 0 spiro atoms. The lowest BCUT2D eigenvalue weighted by Gasteiger charge is -2.27. The van der Waals surface area contributed by atoms with Gasteiger partial charge in [-0.05, 0) is 12.3 Å². The first-order valence-electron chi connectivity index (χ1n) is 6.79. The van der Waals surface area contributed by atoms with Crippen LogP contribution in [0, 0.1) is 5.92 Å². The monoisotopic (exact) mass is 264 g/mol. The van der Waals surface area contributed by atoms with Gasteiger partial charge in [-0.1, -0.05) is 6.92 Å². The first-order valence-corrected chi connectivity index (χ1v) is 6.79. The molecule has 2 aliphatic rings. The van der Waals surface area contributed by atoms with Crippen LogP contribution in [0.5, 0.6) is 0 Å². The van der Waals surface area contributed by atoms with Crippen LogP contribution in [0.3, 0.4) is 0 Å². The lowest BCUT2D eigenvalue weighted by atomic mass is 10.4. The number of aromatic nitrogens is 3. The van der Waals surface area contributed by atoms with Crippen LogP contribution in [0.25, 0.3) is 0 Å². The molecule has 1 saturated heterocycles. The Labute approximate surface area is 112 Å². The van der Waals surface area contributed by atoms with Crippen LogP contribution >= 0.6 is 0 Å². The number of anilines is 3. The number of morpholine rings is 1. The predicted molar refractivity (Wildman–Crippen MR) is 73.6 cm³/mol. The number of hydrogen-bond acceptors (Lipinski definition) is 7. The molecule has 3 rings (SSSR count). The van der Waals surface area contributed by atoms with E-state index in [-0.39, 0.29) is 0 Å². The molecule has 2 fully saturated rings. The van der Waals surface area contributed by atoms with Crippen molar-refractivity contribution in [1.82, 2.24) is 15.0 Å². The Kier molecular flexibility index (Phi) is 3.37. The van der Waals surface area contributed by atoms with Crippen LogP contribution < -0.4 is 15.5 Å². The molecule has 2 heterocycles. The van der Waals surface area contributed by atoms with Crippen LogP contribution in [0.1, 0.15) is 13.3 Å². The van der Waals surface area contributed by atoms with Gasteiger partial charge in [0, 0.05) is 26.2 Å². The van der Waals surface area contributed by atoms with Crippen molar-refractivity contribution in [3.8, 4) is 0 Å². The van der Waals surface area contributed by atoms with E-state index >= 15 is 0 Å². The van der Waals surface area contributed by atoms with Crippen molar-refractivity contribution < 1.29 is 4.74 Å². The van der Waals surface area contributed by atoms with Crippen molar-refractivity contribution in [3.63, 3.8) is 0 Å². The molecule has 7 nitrogen and oxygen atoms in total. The molecule has 1 aromatic heterocycles. The van der Waals surface area contributed by atoms with Crippen LogP contribution in [-0.4, -0.2) is 54.3 Å². The highest BCUT2D eigenvalue weighted by Crippen LogP contribution is 2.32. The average Bonchev–Trinajstić information content (AvgIpc) is 3.14. The Bertz CT molecular complexity index is 448. The van der Waals surface area contributed by atoms with Crippen molar-refractivity contribution in [2.24, 2.45) is 5.92 Å². The third-order valence-electron chi connectivity index (χ3n) is 3.57. The number of hydrogen-bond donors (Lipinski definition) is 2. The van der Waals surface area contributed by atoms with Gasteiger partial charge in [0.05, 0.1) is 13.2 Å². The molecule has 0 bridgehead atoms. The smallest absolute Gasteiger partial charge is 0.232 e. The van der Waals surface area contributed by atoms with Gasteiger partial charge in [-0.3, -0.25) is 0 Å². The summed E-state index contributed by atoms with van der Waals surface area (Å²) in [5.74, 6) is 2.70. The molecule has 19 heavy (non-hydrogen) atoms. The zero-order valence-electron chi connectivity index (χ0n) is 11.4. The number of nitrogens with one attached hydrogen (secondary N) is 2. The van der Waals surface area contributed by atoms with E-state index in [0.29, 0.717) is 23.9 Å². The molecular formula is C12H20N6O. The minimum Gasteiger partial charge on any atom is -0.378 e. The maximum absolute atomic E-state index is 5.35. The highest BCUT2D eigenvalue weighted by Gasteiger charge is 2.33. The maximum Gasteiger partial charge on any atom is 0.232 e. The molecule has 1 aliphatic carbocycles. The second-order valence-electron chi connectivity index (χ2n) is 5.10. The summed E-state index contributed by atoms with van der Waals surface area (Å²) in [5.41, 5.74) is 0. The lowest BCUT2D eigenvalue weighted by molar-refractivity contribution is 0.122. The fourth-order valence-corrected chi connectivity index (χ4v) is 2.13. The fourth-order valence-electron chi connectivity index (χ4n) is 2.13. The van der Waals surface area contributed by atoms with Crippen molar-refractivity contribution >= 4 is 17.8 Å². The average molecular weight is 264 g/mol. The van der Waals surface area contributed by atoms with E-state index in [9.17, 15) is 0 Å². The summed E-state index contributed by atoms with van der Waals surface area (Å²) in [7, 11) is 1.82. The molecule has 0 radical (unpaired) electrons. The highest BCUT2D eigenvalue weighted by molar-refractivity contribution is 5.44. The minimum atomic E-state index is 0.504. The third kappa shape index (κ3) is 2.86. The number of nitrogens with zero attached hydrogens (tertiary/aromatic N) is 4. The topological polar surface area (TPSA) is 75.2 Å². The van der Waals surface area contributed by atoms with E-state index in [1.807, 2.05) is 7.05 Å². The first-order chi connectivity index (χ1) is 9.26. The fraction of sp³-hybridized carbons (Fsp3) is 0.750. The molecule has 1 aromatic rings. The quantitative estimate of drug-likeness (QED) is 0.823. The van der Waals surface area contributed by atoms with E-state index in [1.54, 1.807) is 0 Å². The van der Waals surface area contributed by atoms with E-state index in [1.165, 1.54) is 6.42 Å². The van der Waals surface area contributed by atoms with Crippen molar-refractivity contribution in [2.75, 3.05) is 48.9 Å². The van der Waals surface area contributed by atoms with Gasteiger partial charge in [-0.15, -0.1) is 0 Å². The van der Waals surface area contributed by atoms with Crippen LogP contribution in [0.15, 0.2) is 0 Å². The Morgan fingerprint density at radius 1 is 1.16 bits per heavy atom. The standard InChI is InChI=1S/C12H20N6O/c1-8-7-9(8)14-11-15-10(13-2)16-12(17-11)18-3-5-19-6-4-18/h8-9H,3-7H2,1-2H3,(H2,13,14,15,16,17). The highest BCUT2D eigenvalue weighted by atomic mass is 16.5. The molecule has 1 aliphatic heterocycles. The third-order valence-corrected chi connectivity index (χ3v) is 3.57. The van der Waals surface area contributed by atoms with E-state index in [4.69, 9.17) is 4.74 Å². The number of rotatable bonds is 4. The number of ether oxygens (including phenoxy) is 1. The minimum absolute atomic E-state index is 0.504. The van der Waals surface area contributed by atoms with Gasteiger partial charge in [0.1, 0.15) is 0 Å². The predicted octanol–water partition coefficient (Wildman–Crippen LogP) is 0.570. The summed E-state index contributed by atoms with van der Waals surface area (Å²) >= 11 is 0. The summed E-state index contributed by atoms with van der Waals surface area (Å²) in [5, 5.41) is 6.35. The molecule has 0 amide bonds. The molecule has 2 N–H and O–H groups in total. The molecule has 1 saturated carbocycles. The lowest BCUT2D eigenvalue weighted by Crippen LogP contribution is -2.37. The van der Waals surface area contributed by atoms with Gasteiger partial charge in [-0.25, -0.2) is 0 Å². The molecule has 7 heteroatoms. The van der Waals surface area contributed by atoms with Crippen LogP contribution in [0.2, 0.25) is 0 Å². The van der Waals surface area contributed by atoms with Gasteiger partial charge in [0.15, 0.2) is 0 Å². The molecule has 0 aromatic carbocycles. The summed E-state index contributed by atoms with van der Waals surface area (Å²) in [6.07, 6.45) is 1.19. The summed E-state index contributed by atoms with van der Waals surface area (Å²) in [6, 6.07) is 0.504. The largest absolute Gasteiger partial charge is 0.378 e. The van der Waals surface area contributed by atoms with Crippen LogP contribution in [-0.2, 0) is 4.74 Å². The Hall–Kier alpha value is -1.63. The molecular weight excluding hydrogens is 244 g/mol. The maximum atomic E-state index is 5.35. The SMILES string of the molecule is CNc1nc(NC2CC2C)nc(N2CCOCC2)n1. The molecule has 2 unspecified atom stereocenters. The Balaban J connectivity index is 1.79. The normalized spacial score (nSPS) is 26.1. The molecule has 2 atom stereocenters. The van der Waals surface area contributed by atoms with Gasteiger partial charge in [0.2, 0.25) is 17.8 Å². The van der Waals surface area contributed by atoms with E-state index < -0.39 is 0 Å². The van der Waals surface area contributed by atoms with Crippen LogP contribution in [0.4, 0.5) is 17.8 Å². The van der Waals surface area contributed by atoms with E-state index in [2.05, 4.69) is 37.4 Å². The summed E-state index contributed by atoms with van der Waals surface area (Å²) in [4.78, 5) is 15.4. The second-order valence-corrected chi connectivity index (χ2v) is 5.10. The Morgan fingerprint density at radius 2 is 1.84 bits per heavy atom. The van der Waals surface area contributed by atoms with Crippen molar-refractivity contribution in [2.45, 2.75) is 19.4 Å². The zero-order valence-corrected chi connectivity index (χ0v) is 11.4. The van der Waals surface area contributed by atoms with Gasteiger partial charge in [0.25, 0.3) is 0 Å². The van der Waals surface area contributed by atoms with Crippen molar-refractivity contribution in [3.05, 3.63) is 0 Å². The zero-order chi connectivity index (χ0) is 13.2. The first kappa shape index (κ1) is 12.4. The van der Waals surface area contributed by atoms with Gasteiger partial charge < -0.3 is 20.3 Å². The summed E-state index contributed by atoms with van der Waals surface area (Å²) < 4.78 is 5.35. The van der Waals surface area contributed by atoms with Gasteiger partial charge in [-0.2, -0.15) is 15.0 Å². The van der Waals surface area contributed by atoms with Crippen molar-refractivity contribution in [1.29, 1.82) is 0 Å². The van der Waals surface area contributed by atoms with E-state index in [0.717, 1.165) is 32.3 Å². The van der Waals surface area contributed by atoms with Gasteiger partial charge >= 0.3 is 0 Å². The second kappa shape index (κ2) is 5.16. The summed E-state index contributed by atoms with van der Waals surface area (Å²) in [6.45, 7) is 5.32. The Morgan fingerprint density at radius 3 is 2.47 bits per heavy atom.